The van der Waals surface area contributed by atoms with Gasteiger partial charge in [-0.2, -0.15) is 0 Å². The SMILES string of the molecule is Cc1ccc(Cl)cc1NC(=O)C(=O)N1CCC(C(N)=O)CC1. The summed E-state index contributed by atoms with van der Waals surface area (Å²) < 4.78 is 0. The first-order chi connectivity index (χ1) is 10.4. The molecule has 22 heavy (non-hydrogen) atoms. The fourth-order valence-corrected chi connectivity index (χ4v) is 2.59. The highest BCUT2D eigenvalue weighted by Crippen LogP contribution is 2.21. The molecule has 1 aromatic rings. The molecule has 3 N–H and O–H groups in total. The highest BCUT2D eigenvalue weighted by molar-refractivity contribution is 6.39. The van der Waals surface area contributed by atoms with Gasteiger partial charge in [-0.25, -0.2) is 0 Å². The third-order valence-corrected chi connectivity index (χ3v) is 4.06. The van der Waals surface area contributed by atoms with Gasteiger partial charge in [0.15, 0.2) is 0 Å². The Kier molecular flexibility index (Phi) is 5.03. The summed E-state index contributed by atoms with van der Waals surface area (Å²) in [6, 6.07) is 5.07. The second kappa shape index (κ2) is 6.79. The van der Waals surface area contributed by atoms with Gasteiger partial charge in [0.1, 0.15) is 0 Å². The van der Waals surface area contributed by atoms with E-state index in [0.29, 0.717) is 36.6 Å². The molecule has 0 spiro atoms. The predicted molar refractivity (Wildman–Crippen MR) is 83.3 cm³/mol. The average molecular weight is 324 g/mol. The van der Waals surface area contributed by atoms with Crippen molar-refractivity contribution in [1.82, 2.24) is 4.90 Å². The summed E-state index contributed by atoms with van der Waals surface area (Å²) in [5, 5.41) is 3.06. The number of benzene rings is 1. The van der Waals surface area contributed by atoms with Gasteiger partial charge in [0.25, 0.3) is 0 Å². The lowest BCUT2D eigenvalue weighted by atomic mass is 9.96. The fourth-order valence-electron chi connectivity index (χ4n) is 2.42. The molecule has 1 aromatic carbocycles. The van der Waals surface area contributed by atoms with Crippen molar-refractivity contribution in [2.24, 2.45) is 11.7 Å². The van der Waals surface area contributed by atoms with Crippen LogP contribution in [-0.4, -0.2) is 35.7 Å². The predicted octanol–water partition coefficient (Wildman–Crippen LogP) is 1.31. The van der Waals surface area contributed by atoms with Gasteiger partial charge in [0.2, 0.25) is 5.91 Å². The Labute approximate surface area is 133 Å². The number of hydrogen-bond acceptors (Lipinski definition) is 3. The molecule has 3 amide bonds. The average Bonchev–Trinajstić information content (AvgIpc) is 2.50. The van der Waals surface area contributed by atoms with Crippen LogP contribution in [0.2, 0.25) is 5.02 Å². The molecule has 1 aliphatic rings. The molecule has 0 aromatic heterocycles. The normalized spacial score (nSPS) is 15.5. The fraction of sp³-hybridized carbons (Fsp3) is 0.400. The number of amides is 3. The van der Waals surface area contributed by atoms with E-state index in [1.165, 1.54) is 4.90 Å². The number of nitrogens with two attached hydrogens (primary N) is 1. The summed E-state index contributed by atoms with van der Waals surface area (Å²) in [6.07, 6.45) is 0.981. The van der Waals surface area contributed by atoms with Crippen molar-refractivity contribution in [2.75, 3.05) is 18.4 Å². The maximum Gasteiger partial charge on any atom is 0.313 e. The summed E-state index contributed by atoms with van der Waals surface area (Å²) in [4.78, 5) is 36.7. The third-order valence-electron chi connectivity index (χ3n) is 3.83. The molecule has 0 aliphatic carbocycles. The lowest BCUT2D eigenvalue weighted by Gasteiger charge is -2.30. The number of halogens is 1. The molecular formula is C15H18ClN3O3. The second-order valence-corrected chi connectivity index (χ2v) is 5.82. The molecule has 0 bridgehead atoms. The van der Waals surface area contributed by atoms with Crippen molar-refractivity contribution in [3.05, 3.63) is 28.8 Å². The zero-order valence-corrected chi connectivity index (χ0v) is 13.0. The minimum absolute atomic E-state index is 0.220. The van der Waals surface area contributed by atoms with E-state index in [2.05, 4.69) is 5.32 Å². The van der Waals surface area contributed by atoms with Crippen LogP contribution in [0.4, 0.5) is 5.69 Å². The number of rotatable bonds is 2. The van der Waals surface area contributed by atoms with Crippen LogP contribution >= 0.6 is 11.6 Å². The first kappa shape index (κ1) is 16.3. The van der Waals surface area contributed by atoms with Crippen LogP contribution in [0.25, 0.3) is 0 Å². The van der Waals surface area contributed by atoms with Gasteiger partial charge in [0, 0.05) is 29.7 Å². The maximum atomic E-state index is 12.1. The number of piperidine rings is 1. The van der Waals surface area contributed by atoms with Gasteiger partial charge < -0.3 is 16.0 Å². The van der Waals surface area contributed by atoms with Gasteiger partial charge in [-0.05, 0) is 37.5 Å². The minimum atomic E-state index is -0.706. The molecule has 2 rings (SSSR count). The lowest BCUT2D eigenvalue weighted by Crippen LogP contribution is -2.46. The number of anilines is 1. The number of aryl methyl sites for hydroxylation is 1. The van der Waals surface area contributed by atoms with Crippen molar-refractivity contribution in [3.8, 4) is 0 Å². The van der Waals surface area contributed by atoms with Crippen LogP contribution in [0.1, 0.15) is 18.4 Å². The largest absolute Gasteiger partial charge is 0.369 e. The number of carbonyl (C=O) groups excluding carboxylic acids is 3. The van der Waals surface area contributed by atoms with E-state index < -0.39 is 11.8 Å². The van der Waals surface area contributed by atoms with Gasteiger partial charge in [0.05, 0.1) is 0 Å². The van der Waals surface area contributed by atoms with Crippen LogP contribution in [0.5, 0.6) is 0 Å². The molecule has 118 valence electrons. The molecule has 1 aliphatic heterocycles. The van der Waals surface area contributed by atoms with Crippen LogP contribution in [0.15, 0.2) is 18.2 Å². The molecule has 7 heteroatoms. The monoisotopic (exact) mass is 323 g/mol. The van der Waals surface area contributed by atoms with Crippen molar-refractivity contribution < 1.29 is 14.4 Å². The quantitative estimate of drug-likeness (QED) is 0.804. The number of nitrogens with zero attached hydrogens (tertiary/aromatic N) is 1. The van der Waals surface area contributed by atoms with Gasteiger partial charge in [-0.1, -0.05) is 17.7 Å². The smallest absolute Gasteiger partial charge is 0.313 e. The van der Waals surface area contributed by atoms with Gasteiger partial charge >= 0.3 is 11.8 Å². The molecular weight excluding hydrogens is 306 g/mol. The van der Waals surface area contributed by atoms with E-state index in [1.54, 1.807) is 18.2 Å². The molecule has 1 fully saturated rings. The van der Waals surface area contributed by atoms with E-state index in [1.807, 2.05) is 6.92 Å². The van der Waals surface area contributed by atoms with Crippen LogP contribution in [-0.2, 0) is 14.4 Å². The molecule has 1 heterocycles. The second-order valence-electron chi connectivity index (χ2n) is 5.38. The molecule has 0 radical (unpaired) electrons. The van der Waals surface area contributed by atoms with Gasteiger partial charge in [-0.15, -0.1) is 0 Å². The number of carbonyl (C=O) groups is 3. The summed E-state index contributed by atoms with van der Waals surface area (Å²) in [5.41, 5.74) is 6.58. The number of likely N-dealkylation sites (tertiary alicyclic amines) is 1. The summed E-state index contributed by atoms with van der Waals surface area (Å²) in [6.45, 7) is 2.53. The Balaban J connectivity index is 1.97. The molecule has 0 saturated carbocycles. The van der Waals surface area contributed by atoms with E-state index >= 15 is 0 Å². The zero-order chi connectivity index (χ0) is 16.3. The van der Waals surface area contributed by atoms with Crippen molar-refractivity contribution in [2.45, 2.75) is 19.8 Å². The zero-order valence-electron chi connectivity index (χ0n) is 12.3. The minimum Gasteiger partial charge on any atom is -0.369 e. The van der Waals surface area contributed by atoms with E-state index in [0.717, 1.165) is 5.56 Å². The summed E-state index contributed by atoms with van der Waals surface area (Å²) in [5.74, 6) is -1.89. The standard InChI is InChI=1S/C15H18ClN3O3/c1-9-2-3-11(16)8-12(9)18-14(21)15(22)19-6-4-10(5-7-19)13(17)20/h2-3,8,10H,4-7H2,1H3,(H2,17,20)(H,18,21). The Bertz CT molecular complexity index is 610. The first-order valence-electron chi connectivity index (χ1n) is 7.04. The Morgan fingerprint density at radius 2 is 1.91 bits per heavy atom. The highest BCUT2D eigenvalue weighted by Gasteiger charge is 2.29. The number of hydrogen-bond donors (Lipinski definition) is 2. The summed E-state index contributed by atoms with van der Waals surface area (Å²) in [7, 11) is 0. The molecule has 0 atom stereocenters. The van der Waals surface area contributed by atoms with Crippen molar-refractivity contribution >= 4 is 35.0 Å². The Morgan fingerprint density at radius 1 is 1.27 bits per heavy atom. The highest BCUT2D eigenvalue weighted by atomic mass is 35.5. The van der Waals surface area contributed by atoms with Crippen LogP contribution in [0.3, 0.4) is 0 Å². The van der Waals surface area contributed by atoms with E-state index in [-0.39, 0.29) is 11.8 Å². The van der Waals surface area contributed by atoms with Crippen LogP contribution < -0.4 is 11.1 Å². The Morgan fingerprint density at radius 3 is 2.50 bits per heavy atom. The van der Waals surface area contributed by atoms with Crippen molar-refractivity contribution in [1.29, 1.82) is 0 Å². The van der Waals surface area contributed by atoms with Crippen molar-refractivity contribution in [3.63, 3.8) is 0 Å². The Hall–Kier alpha value is -2.08. The number of primary amides is 1. The van der Waals surface area contributed by atoms with E-state index in [4.69, 9.17) is 17.3 Å². The third kappa shape index (κ3) is 3.76. The maximum absolute atomic E-state index is 12.1. The lowest BCUT2D eigenvalue weighted by molar-refractivity contribution is -0.144. The van der Waals surface area contributed by atoms with Crippen LogP contribution in [0, 0.1) is 12.8 Å². The first-order valence-corrected chi connectivity index (χ1v) is 7.42. The van der Waals surface area contributed by atoms with E-state index in [9.17, 15) is 14.4 Å². The topological polar surface area (TPSA) is 92.5 Å². The summed E-state index contributed by atoms with van der Waals surface area (Å²) >= 11 is 5.88. The molecule has 0 unspecified atom stereocenters. The molecule has 1 saturated heterocycles. The number of nitrogens with one attached hydrogen (secondary N) is 1. The van der Waals surface area contributed by atoms with Gasteiger partial charge in [-0.3, -0.25) is 14.4 Å². The molecule has 6 nitrogen and oxygen atoms in total.